The second-order valence-corrected chi connectivity index (χ2v) is 6.26. The van der Waals surface area contributed by atoms with Crippen LogP contribution in [-0.2, 0) is 19.8 Å². The van der Waals surface area contributed by atoms with Gasteiger partial charge in [-0.1, -0.05) is 0 Å². The summed E-state index contributed by atoms with van der Waals surface area (Å²) in [7, 11) is 2.50. The lowest BCUT2D eigenvalue weighted by molar-refractivity contribution is 0.122. The highest BCUT2D eigenvalue weighted by Gasteiger charge is 2.36. The average Bonchev–Trinajstić information content (AvgIpc) is 2.78. The quantitative estimate of drug-likeness (QED) is 0.659. The summed E-state index contributed by atoms with van der Waals surface area (Å²) >= 11 is 0. The van der Waals surface area contributed by atoms with E-state index in [2.05, 4.69) is 5.10 Å². The maximum absolute atomic E-state index is 5.32. The van der Waals surface area contributed by atoms with Crippen molar-refractivity contribution in [1.82, 2.24) is 9.78 Å². The van der Waals surface area contributed by atoms with Gasteiger partial charge < -0.3 is 13.3 Å². The van der Waals surface area contributed by atoms with Crippen molar-refractivity contribution < 1.29 is 13.3 Å². The van der Waals surface area contributed by atoms with Crippen LogP contribution in [0.5, 0.6) is 0 Å². The first-order chi connectivity index (χ1) is 7.26. The van der Waals surface area contributed by atoms with E-state index >= 15 is 0 Å². The van der Waals surface area contributed by atoms with Gasteiger partial charge in [-0.05, 0) is 12.5 Å². The highest BCUT2D eigenvalue weighted by molar-refractivity contribution is 6.60. The fraction of sp³-hybridized carbons (Fsp3) is 0.667. The monoisotopic (exact) mass is 230 g/mol. The normalized spacial score (nSPS) is 11.9. The van der Waals surface area contributed by atoms with Crippen molar-refractivity contribution in [3.05, 3.63) is 18.5 Å². The third kappa shape index (κ3) is 3.42. The van der Waals surface area contributed by atoms with Gasteiger partial charge in [0.1, 0.15) is 0 Å². The molecule has 0 saturated heterocycles. The molecule has 0 unspecified atom stereocenters. The second-order valence-electron chi connectivity index (χ2n) is 3.17. The van der Waals surface area contributed by atoms with Crippen LogP contribution in [0.15, 0.2) is 18.5 Å². The van der Waals surface area contributed by atoms with Gasteiger partial charge in [0, 0.05) is 46.3 Å². The van der Waals surface area contributed by atoms with Crippen LogP contribution in [0.25, 0.3) is 0 Å². The van der Waals surface area contributed by atoms with Crippen molar-refractivity contribution in [2.24, 2.45) is 0 Å². The summed E-state index contributed by atoms with van der Waals surface area (Å²) in [5, 5.41) is 4.12. The van der Waals surface area contributed by atoms with Crippen molar-refractivity contribution in [3.63, 3.8) is 0 Å². The molecule has 0 aromatic carbocycles. The summed E-state index contributed by atoms with van der Waals surface area (Å²) < 4.78 is 17.9. The van der Waals surface area contributed by atoms with Gasteiger partial charge in [-0.3, -0.25) is 4.68 Å². The molecule has 1 aromatic rings. The van der Waals surface area contributed by atoms with Crippen LogP contribution in [0.1, 0.15) is 6.42 Å². The predicted octanol–water partition coefficient (Wildman–Crippen LogP) is 1.15. The Kier molecular flexibility index (Phi) is 4.96. The molecular formula is C9H18N2O3Si. The Labute approximate surface area is 91.3 Å². The zero-order valence-corrected chi connectivity index (χ0v) is 10.5. The zero-order chi connectivity index (χ0) is 11.1. The van der Waals surface area contributed by atoms with Gasteiger partial charge in [-0.2, -0.15) is 5.10 Å². The van der Waals surface area contributed by atoms with Crippen molar-refractivity contribution in [2.75, 3.05) is 21.3 Å². The number of aryl methyl sites for hydroxylation is 1. The lowest BCUT2D eigenvalue weighted by atomic mass is 10.5. The molecule has 1 aromatic heterocycles. The van der Waals surface area contributed by atoms with E-state index in [1.54, 1.807) is 27.5 Å². The molecule has 0 aliphatic heterocycles. The summed E-state index contributed by atoms with van der Waals surface area (Å²) in [6.07, 6.45) is 4.65. The topological polar surface area (TPSA) is 45.5 Å². The van der Waals surface area contributed by atoms with E-state index in [9.17, 15) is 0 Å². The van der Waals surface area contributed by atoms with Crippen LogP contribution >= 0.6 is 0 Å². The van der Waals surface area contributed by atoms with Crippen LogP contribution in [0.4, 0.5) is 0 Å². The van der Waals surface area contributed by atoms with E-state index in [-0.39, 0.29) is 0 Å². The van der Waals surface area contributed by atoms with Gasteiger partial charge in [0.2, 0.25) is 0 Å². The minimum absolute atomic E-state index is 0.802. The molecule has 0 aliphatic carbocycles. The average molecular weight is 230 g/mol. The Balaban J connectivity index is 2.34. The maximum atomic E-state index is 5.32. The molecule has 86 valence electrons. The van der Waals surface area contributed by atoms with Gasteiger partial charge in [-0.15, -0.1) is 0 Å². The smallest absolute Gasteiger partial charge is 0.377 e. The molecule has 1 rings (SSSR count). The Hall–Kier alpha value is -0.693. The Morgan fingerprint density at radius 2 is 1.87 bits per heavy atom. The van der Waals surface area contributed by atoms with Gasteiger partial charge in [0.15, 0.2) is 0 Å². The molecule has 1 heterocycles. The summed E-state index contributed by atoms with van der Waals surface area (Å²) in [4.78, 5) is 0. The summed E-state index contributed by atoms with van der Waals surface area (Å²) in [6, 6.07) is 2.71. The fourth-order valence-electron chi connectivity index (χ4n) is 1.45. The van der Waals surface area contributed by atoms with Crippen LogP contribution < -0.4 is 0 Å². The number of nitrogens with zero attached hydrogens (tertiary/aromatic N) is 2. The molecule has 5 nitrogen and oxygen atoms in total. The van der Waals surface area contributed by atoms with Crippen molar-refractivity contribution in [3.8, 4) is 0 Å². The zero-order valence-electron chi connectivity index (χ0n) is 9.47. The Bertz CT molecular complexity index is 254. The third-order valence-corrected chi connectivity index (χ3v) is 5.19. The van der Waals surface area contributed by atoms with Gasteiger partial charge in [0.05, 0.1) is 0 Å². The molecule has 0 bridgehead atoms. The summed E-state index contributed by atoms with van der Waals surface area (Å²) in [6.45, 7) is 0.859. The second kappa shape index (κ2) is 6.01. The molecule has 0 amide bonds. The SMILES string of the molecule is CO[Si](CCCn1cccn1)(OC)OC. The number of hydrogen-bond acceptors (Lipinski definition) is 4. The highest BCUT2D eigenvalue weighted by Crippen LogP contribution is 2.15. The lowest BCUT2D eigenvalue weighted by Gasteiger charge is -2.24. The maximum Gasteiger partial charge on any atom is 0.500 e. The Morgan fingerprint density at radius 1 is 1.20 bits per heavy atom. The standard InChI is InChI=1S/C9H18N2O3Si/c1-12-15(13-2,14-3)9-5-8-11-7-4-6-10-11/h4,6-7H,5,8-9H2,1-3H3. The lowest BCUT2D eigenvalue weighted by Crippen LogP contribution is -2.42. The van der Waals surface area contributed by atoms with Crippen LogP contribution in [-0.4, -0.2) is 39.9 Å². The molecule has 0 atom stereocenters. The number of rotatable bonds is 7. The molecular weight excluding hydrogens is 212 g/mol. The van der Waals surface area contributed by atoms with E-state index in [1.807, 2.05) is 16.9 Å². The predicted molar refractivity (Wildman–Crippen MR) is 58.4 cm³/mol. The molecule has 0 N–H and O–H groups in total. The van der Waals surface area contributed by atoms with Crippen molar-refractivity contribution in [2.45, 2.75) is 19.0 Å². The van der Waals surface area contributed by atoms with Gasteiger partial charge >= 0.3 is 8.80 Å². The van der Waals surface area contributed by atoms with E-state index < -0.39 is 8.80 Å². The van der Waals surface area contributed by atoms with E-state index in [0.717, 1.165) is 19.0 Å². The fourth-order valence-corrected chi connectivity index (χ4v) is 3.15. The first-order valence-corrected chi connectivity index (χ1v) is 6.82. The Morgan fingerprint density at radius 3 is 2.33 bits per heavy atom. The molecule has 0 spiro atoms. The molecule has 6 heteroatoms. The summed E-state index contributed by atoms with van der Waals surface area (Å²) in [5.41, 5.74) is 0. The molecule has 0 aliphatic rings. The minimum Gasteiger partial charge on any atom is -0.377 e. The number of hydrogen-bond donors (Lipinski definition) is 0. The van der Waals surface area contributed by atoms with Crippen LogP contribution in [0.2, 0.25) is 6.04 Å². The molecule has 0 fully saturated rings. The highest BCUT2D eigenvalue weighted by atomic mass is 28.4. The first-order valence-electron chi connectivity index (χ1n) is 4.89. The van der Waals surface area contributed by atoms with E-state index in [0.29, 0.717) is 0 Å². The summed E-state index contributed by atoms with van der Waals surface area (Å²) in [5.74, 6) is 0. The largest absolute Gasteiger partial charge is 0.500 e. The van der Waals surface area contributed by atoms with Crippen molar-refractivity contribution in [1.29, 1.82) is 0 Å². The van der Waals surface area contributed by atoms with Crippen molar-refractivity contribution >= 4 is 8.80 Å². The van der Waals surface area contributed by atoms with Gasteiger partial charge in [-0.25, -0.2) is 0 Å². The van der Waals surface area contributed by atoms with Crippen LogP contribution in [0, 0.1) is 0 Å². The minimum atomic E-state index is -2.39. The van der Waals surface area contributed by atoms with E-state index in [1.165, 1.54) is 0 Å². The molecule has 15 heavy (non-hydrogen) atoms. The first kappa shape index (κ1) is 12.4. The van der Waals surface area contributed by atoms with Crippen LogP contribution in [0.3, 0.4) is 0 Å². The molecule has 0 saturated carbocycles. The van der Waals surface area contributed by atoms with E-state index in [4.69, 9.17) is 13.3 Å². The third-order valence-electron chi connectivity index (χ3n) is 2.36. The number of aromatic nitrogens is 2. The molecule has 0 radical (unpaired) electrons. The van der Waals surface area contributed by atoms with Gasteiger partial charge in [0.25, 0.3) is 0 Å².